The summed E-state index contributed by atoms with van der Waals surface area (Å²) in [7, 11) is 0. The van der Waals surface area contributed by atoms with E-state index in [0.717, 1.165) is 5.56 Å². The first kappa shape index (κ1) is 10.2. The van der Waals surface area contributed by atoms with Gasteiger partial charge in [-0.05, 0) is 25.5 Å². The van der Waals surface area contributed by atoms with E-state index in [4.69, 9.17) is 9.47 Å². The van der Waals surface area contributed by atoms with Crippen LogP contribution < -0.4 is 0 Å². The Morgan fingerprint density at radius 2 is 2.00 bits per heavy atom. The Morgan fingerprint density at radius 1 is 1.33 bits per heavy atom. The molecule has 2 heteroatoms. The monoisotopic (exact) mass is 204 g/mol. The molecule has 0 radical (unpaired) electrons. The Hall–Kier alpha value is -1.28. The van der Waals surface area contributed by atoms with Crippen LogP contribution in [0.25, 0.3) is 6.08 Å². The van der Waals surface area contributed by atoms with E-state index < -0.39 is 0 Å². The van der Waals surface area contributed by atoms with Gasteiger partial charge in [0.25, 0.3) is 0 Å². The zero-order valence-corrected chi connectivity index (χ0v) is 9.14. The molecule has 0 saturated carbocycles. The molecule has 0 amide bonds. The predicted octanol–water partition coefficient (Wildman–Crippen LogP) is 2.85. The Morgan fingerprint density at radius 3 is 2.60 bits per heavy atom. The van der Waals surface area contributed by atoms with Crippen LogP contribution in [-0.4, -0.2) is 18.3 Å². The van der Waals surface area contributed by atoms with Crippen molar-refractivity contribution in [3.8, 4) is 0 Å². The average molecular weight is 204 g/mol. The molecule has 0 N–H and O–H groups in total. The summed E-state index contributed by atoms with van der Waals surface area (Å²) < 4.78 is 10.8. The van der Waals surface area contributed by atoms with Crippen LogP contribution in [0.5, 0.6) is 0 Å². The molecule has 0 aliphatic carbocycles. The van der Waals surface area contributed by atoms with Gasteiger partial charge in [0, 0.05) is 0 Å². The lowest BCUT2D eigenvalue weighted by Gasteiger charge is -1.98. The van der Waals surface area contributed by atoms with Crippen LogP contribution in [0.1, 0.15) is 19.4 Å². The minimum Gasteiger partial charge on any atom is -0.498 e. The number of rotatable bonds is 4. The van der Waals surface area contributed by atoms with E-state index in [9.17, 15) is 0 Å². The van der Waals surface area contributed by atoms with E-state index in [1.165, 1.54) is 0 Å². The molecular formula is C13H16O2. The lowest BCUT2D eigenvalue weighted by atomic mass is 10.1. The van der Waals surface area contributed by atoms with Gasteiger partial charge in [0.05, 0.1) is 11.9 Å². The average Bonchev–Trinajstić information content (AvgIpc) is 2.83. The molecule has 0 unspecified atom stereocenters. The number of ether oxygens (including phenoxy) is 2. The van der Waals surface area contributed by atoms with Gasteiger partial charge in [-0.3, -0.25) is 0 Å². The van der Waals surface area contributed by atoms with Gasteiger partial charge in [0.15, 0.2) is 0 Å². The van der Waals surface area contributed by atoms with Gasteiger partial charge < -0.3 is 9.47 Å². The van der Waals surface area contributed by atoms with Gasteiger partial charge in [-0.1, -0.05) is 30.3 Å². The third kappa shape index (κ3) is 2.83. The lowest BCUT2D eigenvalue weighted by Crippen LogP contribution is -2.07. The van der Waals surface area contributed by atoms with E-state index in [1.54, 1.807) is 6.26 Å². The zero-order valence-electron chi connectivity index (χ0n) is 9.14. The largest absolute Gasteiger partial charge is 0.498 e. The number of hydrogen-bond acceptors (Lipinski definition) is 2. The highest BCUT2D eigenvalue weighted by Crippen LogP contribution is 2.35. The number of hydrogen-bond donors (Lipinski definition) is 0. The minimum absolute atomic E-state index is 0.0145. The van der Waals surface area contributed by atoms with Crippen LogP contribution in [0, 0.1) is 0 Å². The minimum atomic E-state index is 0.0145. The molecule has 80 valence electrons. The summed E-state index contributed by atoms with van der Waals surface area (Å²) in [6, 6.07) is 10.1. The molecule has 1 fully saturated rings. The van der Waals surface area contributed by atoms with Crippen LogP contribution >= 0.6 is 0 Å². The first-order chi connectivity index (χ1) is 7.18. The first-order valence-electron chi connectivity index (χ1n) is 5.19. The zero-order chi connectivity index (χ0) is 10.7. The van der Waals surface area contributed by atoms with Crippen LogP contribution in [0.2, 0.25) is 0 Å². The van der Waals surface area contributed by atoms with Crippen molar-refractivity contribution < 1.29 is 9.47 Å². The third-order valence-corrected chi connectivity index (χ3v) is 2.57. The van der Waals surface area contributed by atoms with Crippen molar-refractivity contribution in [3.05, 3.63) is 42.2 Å². The van der Waals surface area contributed by atoms with E-state index in [-0.39, 0.29) is 11.7 Å². The molecule has 1 aromatic carbocycles. The molecule has 2 nitrogen and oxygen atoms in total. The predicted molar refractivity (Wildman–Crippen MR) is 60.4 cm³/mol. The van der Waals surface area contributed by atoms with Crippen LogP contribution in [0.4, 0.5) is 0 Å². The standard InChI is InChI=1S/C13H16O2/c1-13(2)12(15-13)10-14-9-8-11-6-4-3-5-7-11/h3-9,12H,10H2,1-2H3/b9-8+/t12-/m1/s1. The molecular weight excluding hydrogens is 188 g/mol. The van der Waals surface area contributed by atoms with Gasteiger partial charge >= 0.3 is 0 Å². The second-order valence-corrected chi connectivity index (χ2v) is 4.26. The molecule has 0 bridgehead atoms. The molecule has 0 spiro atoms. The fraction of sp³-hybridized carbons (Fsp3) is 0.385. The summed E-state index contributed by atoms with van der Waals surface area (Å²) in [6.45, 7) is 4.78. The van der Waals surface area contributed by atoms with E-state index in [2.05, 4.69) is 13.8 Å². The quantitative estimate of drug-likeness (QED) is 0.555. The molecule has 2 rings (SSSR count). The van der Waals surface area contributed by atoms with E-state index in [1.807, 2.05) is 36.4 Å². The van der Waals surface area contributed by atoms with Gasteiger partial charge in [-0.15, -0.1) is 0 Å². The molecule has 1 aromatic rings. The number of benzene rings is 1. The summed E-state index contributed by atoms with van der Waals surface area (Å²) >= 11 is 0. The topological polar surface area (TPSA) is 21.8 Å². The van der Waals surface area contributed by atoms with Gasteiger partial charge in [-0.25, -0.2) is 0 Å². The van der Waals surface area contributed by atoms with E-state index in [0.29, 0.717) is 6.61 Å². The molecule has 1 aliphatic heterocycles. The van der Waals surface area contributed by atoms with Crippen molar-refractivity contribution in [2.24, 2.45) is 0 Å². The highest BCUT2D eigenvalue weighted by molar-refractivity contribution is 5.47. The first-order valence-corrected chi connectivity index (χ1v) is 5.19. The maximum absolute atomic E-state index is 5.40. The molecule has 1 atom stereocenters. The third-order valence-electron chi connectivity index (χ3n) is 2.57. The SMILES string of the molecule is CC1(C)O[C@@H]1CO/C=C/c1ccccc1. The summed E-state index contributed by atoms with van der Waals surface area (Å²) in [5.41, 5.74) is 1.16. The molecule has 1 aliphatic rings. The Labute approximate surface area is 90.5 Å². The number of epoxide rings is 1. The lowest BCUT2D eigenvalue weighted by molar-refractivity contribution is 0.212. The van der Waals surface area contributed by atoms with Crippen LogP contribution in [0.15, 0.2) is 36.6 Å². The summed E-state index contributed by atoms with van der Waals surface area (Å²) in [4.78, 5) is 0. The van der Waals surface area contributed by atoms with Crippen molar-refractivity contribution in [1.82, 2.24) is 0 Å². The van der Waals surface area contributed by atoms with Gasteiger partial charge in [-0.2, -0.15) is 0 Å². The molecule has 15 heavy (non-hydrogen) atoms. The van der Waals surface area contributed by atoms with Crippen molar-refractivity contribution in [2.75, 3.05) is 6.61 Å². The smallest absolute Gasteiger partial charge is 0.121 e. The second kappa shape index (κ2) is 4.07. The van der Waals surface area contributed by atoms with Crippen molar-refractivity contribution in [2.45, 2.75) is 25.6 Å². The highest BCUT2D eigenvalue weighted by Gasteiger charge is 2.48. The van der Waals surface area contributed by atoms with Crippen LogP contribution in [-0.2, 0) is 9.47 Å². The van der Waals surface area contributed by atoms with Gasteiger partial charge in [0.2, 0.25) is 0 Å². The summed E-state index contributed by atoms with van der Waals surface area (Å²) in [5.74, 6) is 0. The maximum Gasteiger partial charge on any atom is 0.121 e. The molecule has 0 aromatic heterocycles. The fourth-order valence-electron chi connectivity index (χ4n) is 1.40. The highest BCUT2D eigenvalue weighted by atomic mass is 16.6. The fourth-order valence-corrected chi connectivity index (χ4v) is 1.40. The summed E-state index contributed by atoms with van der Waals surface area (Å²) in [6.07, 6.45) is 3.93. The van der Waals surface area contributed by atoms with E-state index >= 15 is 0 Å². The Balaban J connectivity index is 1.73. The van der Waals surface area contributed by atoms with Crippen LogP contribution in [0.3, 0.4) is 0 Å². The normalized spacial score (nSPS) is 22.9. The Bertz CT molecular complexity index is 341. The second-order valence-electron chi connectivity index (χ2n) is 4.26. The Kier molecular flexibility index (Phi) is 2.78. The molecule has 1 saturated heterocycles. The van der Waals surface area contributed by atoms with Crippen molar-refractivity contribution in [1.29, 1.82) is 0 Å². The van der Waals surface area contributed by atoms with Gasteiger partial charge in [0.1, 0.15) is 12.7 Å². The van der Waals surface area contributed by atoms with Crippen molar-refractivity contribution in [3.63, 3.8) is 0 Å². The maximum atomic E-state index is 5.40. The summed E-state index contributed by atoms with van der Waals surface area (Å²) in [5, 5.41) is 0. The van der Waals surface area contributed by atoms with Crippen molar-refractivity contribution >= 4 is 6.08 Å². The molecule has 1 heterocycles.